The van der Waals surface area contributed by atoms with Crippen molar-refractivity contribution in [3.8, 4) is 0 Å². The standard InChI is InChI=1S/C44H73N5O15/c1-26(29-8-9-30-41-31(20-34(52)44(29,30)3)43(2)12-11-28(50)18-27(43)19-33(41)51)7-10-35(53)46-32(42(63)64)6-4-5-13-45-36(54)21-48(23-38(57)58)16-14-47(22-37(55)56)15-17-49(24-39(59)60)25-40(61)62/h26-34,41,50-52H,4-25H2,1-3H3,(H,45,54)(H,46,53)(H,55,56)(H,57,58)(H,59,60)(H,61,62)(H,63,64)/t26-,27+,28+,29-,30+,31+,32+,33-,34+,41+,43+,44-/m1/s1. The Morgan fingerprint density at radius 2 is 1.22 bits per heavy atom. The monoisotopic (exact) mass is 912 g/mol. The van der Waals surface area contributed by atoms with Crippen LogP contribution >= 0.6 is 0 Å². The minimum absolute atomic E-state index is 0.0230. The van der Waals surface area contributed by atoms with Crippen LogP contribution in [0.1, 0.15) is 97.8 Å². The van der Waals surface area contributed by atoms with Gasteiger partial charge in [0.1, 0.15) is 6.04 Å². The summed E-state index contributed by atoms with van der Waals surface area (Å²) in [6.07, 6.45) is 5.43. The average molecular weight is 912 g/mol. The summed E-state index contributed by atoms with van der Waals surface area (Å²) in [6, 6.07) is -1.15. The normalized spacial score (nSPS) is 30.8. The molecule has 4 rings (SSSR count). The molecule has 0 aromatic carbocycles. The topological polar surface area (TPSA) is 315 Å². The Kier molecular flexibility index (Phi) is 19.3. The highest BCUT2D eigenvalue weighted by Gasteiger charge is 2.65. The SMILES string of the molecule is C[C@H](CCC(=O)N[C@@H](CCCCNC(=O)CN(CCN(CCN(CC(=O)O)CC(=O)O)CC(=O)O)CC(=O)O)C(=O)O)[C@H]1CC[C@H]2[C@@H]3[C@H](O)C[C@@H]4C[C@@H](O)CC[C@]4(C)[C@H]3C[C@H](O)[C@]12C. The molecule has 364 valence electrons. The lowest BCUT2D eigenvalue weighted by Crippen LogP contribution is -2.62. The molecule has 0 aliphatic heterocycles. The fourth-order valence-corrected chi connectivity index (χ4v) is 12.2. The Hall–Kier alpha value is -3.95. The Labute approximate surface area is 374 Å². The maximum absolute atomic E-state index is 13.1. The van der Waals surface area contributed by atoms with Gasteiger partial charge in [0.15, 0.2) is 0 Å². The van der Waals surface area contributed by atoms with Crippen LogP contribution in [-0.2, 0) is 33.6 Å². The Balaban J connectivity index is 1.20. The number of carbonyl (C=O) groups excluding carboxylic acids is 2. The highest BCUT2D eigenvalue weighted by Crippen LogP contribution is 2.68. The molecule has 0 saturated heterocycles. The number of carboxylic acid groups (broad SMARTS) is 5. The Morgan fingerprint density at radius 1 is 0.656 bits per heavy atom. The zero-order chi connectivity index (χ0) is 47.5. The number of amides is 2. The van der Waals surface area contributed by atoms with E-state index in [1.807, 2.05) is 0 Å². The first-order chi connectivity index (χ1) is 30.0. The first-order valence-electron chi connectivity index (χ1n) is 22.9. The molecule has 0 aromatic heterocycles. The molecule has 0 unspecified atom stereocenters. The number of rotatable bonds is 27. The minimum atomic E-state index is -1.26. The molecule has 20 nitrogen and oxygen atoms in total. The van der Waals surface area contributed by atoms with Crippen LogP contribution in [0.5, 0.6) is 0 Å². The largest absolute Gasteiger partial charge is 0.480 e. The van der Waals surface area contributed by atoms with E-state index in [1.165, 1.54) is 9.80 Å². The summed E-state index contributed by atoms with van der Waals surface area (Å²) in [5.41, 5.74) is -0.454. The molecule has 4 fully saturated rings. The van der Waals surface area contributed by atoms with Gasteiger partial charge in [-0.05, 0) is 117 Å². The van der Waals surface area contributed by atoms with Gasteiger partial charge in [-0.3, -0.25) is 43.5 Å². The maximum atomic E-state index is 13.1. The van der Waals surface area contributed by atoms with Crippen LogP contribution in [0.3, 0.4) is 0 Å². The molecular weight excluding hydrogens is 839 g/mol. The van der Waals surface area contributed by atoms with Crippen molar-refractivity contribution >= 4 is 41.7 Å². The van der Waals surface area contributed by atoms with Crippen LogP contribution in [0.4, 0.5) is 0 Å². The number of hydrogen-bond donors (Lipinski definition) is 10. The smallest absolute Gasteiger partial charge is 0.326 e. The molecule has 10 N–H and O–H groups in total. The average Bonchev–Trinajstić information content (AvgIpc) is 3.55. The summed E-state index contributed by atoms with van der Waals surface area (Å²) < 4.78 is 0. The molecule has 12 atom stereocenters. The van der Waals surface area contributed by atoms with Gasteiger partial charge in [0.2, 0.25) is 11.8 Å². The van der Waals surface area contributed by atoms with Crippen molar-refractivity contribution in [3.63, 3.8) is 0 Å². The second kappa shape index (κ2) is 23.5. The van der Waals surface area contributed by atoms with Crippen LogP contribution in [-0.4, -0.2) is 187 Å². The van der Waals surface area contributed by atoms with Crippen molar-refractivity contribution in [2.75, 3.05) is 65.4 Å². The van der Waals surface area contributed by atoms with Crippen molar-refractivity contribution in [3.05, 3.63) is 0 Å². The van der Waals surface area contributed by atoms with Gasteiger partial charge in [-0.25, -0.2) is 4.79 Å². The zero-order valence-electron chi connectivity index (χ0n) is 37.6. The summed E-state index contributed by atoms with van der Waals surface area (Å²) in [5, 5.41) is 86.0. The van der Waals surface area contributed by atoms with E-state index in [0.717, 1.165) is 30.6 Å². The van der Waals surface area contributed by atoms with E-state index in [-0.39, 0.29) is 99.1 Å². The maximum Gasteiger partial charge on any atom is 0.326 e. The quantitative estimate of drug-likeness (QED) is 0.0501. The number of carboxylic acids is 5. The van der Waals surface area contributed by atoms with Gasteiger partial charge in [0, 0.05) is 39.1 Å². The molecule has 4 saturated carbocycles. The highest BCUT2D eigenvalue weighted by molar-refractivity contribution is 5.83. The van der Waals surface area contributed by atoms with Crippen LogP contribution in [0.2, 0.25) is 0 Å². The lowest BCUT2D eigenvalue weighted by molar-refractivity contribution is -0.207. The Morgan fingerprint density at radius 3 is 1.80 bits per heavy atom. The van der Waals surface area contributed by atoms with Gasteiger partial charge in [0.25, 0.3) is 0 Å². The third-order valence-electron chi connectivity index (χ3n) is 15.5. The second-order valence-electron chi connectivity index (χ2n) is 19.6. The number of aliphatic hydroxyl groups excluding tert-OH is 3. The molecular formula is C44H73N5O15. The number of unbranched alkanes of at least 4 members (excludes halogenated alkanes) is 1. The predicted octanol–water partition coefficient (Wildman–Crippen LogP) is 0.464. The summed E-state index contributed by atoms with van der Waals surface area (Å²) in [6.45, 7) is 3.92. The molecule has 0 heterocycles. The lowest BCUT2D eigenvalue weighted by Gasteiger charge is -2.63. The van der Waals surface area contributed by atoms with Crippen LogP contribution in [0.25, 0.3) is 0 Å². The number of nitrogens with one attached hydrogen (secondary N) is 2. The van der Waals surface area contributed by atoms with E-state index in [1.54, 1.807) is 0 Å². The fraction of sp³-hybridized carbons (Fsp3) is 0.841. The van der Waals surface area contributed by atoms with E-state index in [4.69, 9.17) is 10.2 Å². The molecule has 2 amide bonds. The van der Waals surface area contributed by atoms with Crippen molar-refractivity contribution in [2.45, 2.75) is 122 Å². The molecule has 4 aliphatic rings. The number of nitrogens with zero attached hydrogens (tertiary/aromatic N) is 3. The summed E-state index contributed by atoms with van der Waals surface area (Å²) in [5.74, 6) is -6.27. The molecule has 0 radical (unpaired) electrons. The first-order valence-corrected chi connectivity index (χ1v) is 22.9. The minimum Gasteiger partial charge on any atom is -0.480 e. The van der Waals surface area contributed by atoms with E-state index >= 15 is 0 Å². The van der Waals surface area contributed by atoms with Crippen LogP contribution in [0.15, 0.2) is 0 Å². The van der Waals surface area contributed by atoms with Crippen molar-refractivity contribution < 1.29 is 74.4 Å². The molecule has 4 aliphatic carbocycles. The molecule has 64 heavy (non-hydrogen) atoms. The van der Waals surface area contributed by atoms with E-state index in [9.17, 15) is 64.2 Å². The Bertz CT molecular complexity index is 1640. The van der Waals surface area contributed by atoms with Gasteiger partial charge in [0.05, 0.1) is 51.0 Å². The summed E-state index contributed by atoms with van der Waals surface area (Å²) in [7, 11) is 0. The third-order valence-corrected chi connectivity index (χ3v) is 15.5. The second-order valence-corrected chi connectivity index (χ2v) is 19.6. The first kappa shape index (κ1) is 52.7. The van der Waals surface area contributed by atoms with Gasteiger partial charge in [-0.1, -0.05) is 20.8 Å². The van der Waals surface area contributed by atoms with Crippen LogP contribution in [0, 0.1) is 46.3 Å². The number of aliphatic carboxylic acids is 5. The van der Waals surface area contributed by atoms with Crippen LogP contribution < -0.4 is 10.6 Å². The van der Waals surface area contributed by atoms with Crippen molar-refractivity contribution in [1.29, 1.82) is 0 Å². The molecule has 0 aromatic rings. The highest BCUT2D eigenvalue weighted by atomic mass is 16.4. The van der Waals surface area contributed by atoms with Gasteiger partial charge < -0.3 is 51.5 Å². The zero-order valence-corrected chi connectivity index (χ0v) is 37.6. The van der Waals surface area contributed by atoms with Gasteiger partial charge in [-0.2, -0.15) is 0 Å². The number of carbonyl (C=O) groups is 7. The lowest BCUT2D eigenvalue weighted by atomic mass is 9.43. The van der Waals surface area contributed by atoms with Crippen molar-refractivity contribution in [2.24, 2.45) is 46.3 Å². The summed E-state index contributed by atoms with van der Waals surface area (Å²) >= 11 is 0. The van der Waals surface area contributed by atoms with Gasteiger partial charge in [-0.15, -0.1) is 0 Å². The molecule has 0 spiro atoms. The molecule has 20 heteroatoms. The summed E-state index contributed by atoms with van der Waals surface area (Å²) in [4.78, 5) is 87.0. The fourth-order valence-electron chi connectivity index (χ4n) is 12.2. The van der Waals surface area contributed by atoms with E-state index < -0.39 is 91.5 Å². The molecule has 0 bridgehead atoms. The van der Waals surface area contributed by atoms with Gasteiger partial charge >= 0.3 is 29.8 Å². The number of fused-ring (bicyclic) bond motifs is 5. The van der Waals surface area contributed by atoms with Crippen molar-refractivity contribution in [1.82, 2.24) is 25.3 Å². The van der Waals surface area contributed by atoms with E-state index in [0.29, 0.717) is 38.5 Å². The van der Waals surface area contributed by atoms with E-state index in [2.05, 4.69) is 31.4 Å². The predicted molar refractivity (Wildman–Crippen MR) is 229 cm³/mol. The number of aliphatic hydroxyl groups is 3. The third kappa shape index (κ3) is 14.0. The number of hydrogen-bond acceptors (Lipinski definition) is 13.